The van der Waals surface area contributed by atoms with Crippen molar-refractivity contribution in [3.05, 3.63) is 47.7 Å². The topological polar surface area (TPSA) is 60.2 Å². The zero-order valence-corrected chi connectivity index (χ0v) is 15.9. The molecule has 1 aliphatic rings. The third kappa shape index (κ3) is 3.49. The third-order valence-electron chi connectivity index (χ3n) is 4.95. The Morgan fingerprint density at radius 2 is 1.96 bits per heavy atom. The van der Waals surface area contributed by atoms with E-state index in [4.69, 9.17) is 21.4 Å². The van der Waals surface area contributed by atoms with Gasteiger partial charge in [-0.05, 0) is 50.1 Å². The summed E-state index contributed by atoms with van der Waals surface area (Å²) in [7, 11) is 0. The zero-order chi connectivity index (χ0) is 18.8. The predicted molar refractivity (Wildman–Crippen MR) is 105 cm³/mol. The summed E-state index contributed by atoms with van der Waals surface area (Å²) < 4.78 is 7.06. The fourth-order valence-corrected chi connectivity index (χ4v) is 3.67. The van der Waals surface area contributed by atoms with Crippen LogP contribution in [-0.4, -0.2) is 40.4 Å². The van der Waals surface area contributed by atoms with E-state index in [0.29, 0.717) is 11.6 Å². The van der Waals surface area contributed by atoms with Crippen molar-refractivity contribution in [1.29, 1.82) is 0 Å². The Morgan fingerprint density at radius 1 is 1.22 bits per heavy atom. The number of hydrogen-bond acceptors (Lipinski definition) is 5. The molecule has 0 bridgehead atoms. The van der Waals surface area contributed by atoms with Gasteiger partial charge >= 0.3 is 5.97 Å². The van der Waals surface area contributed by atoms with Crippen LogP contribution >= 0.6 is 11.6 Å². The molecule has 1 aromatic carbocycles. The van der Waals surface area contributed by atoms with Crippen LogP contribution < -0.4 is 4.90 Å². The molecule has 0 N–H and O–H groups in total. The number of aromatic nitrogens is 3. The summed E-state index contributed by atoms with van der Waals surface area (Å²) in [4.78, 5) is 18.5. The van der Waals surface area contributed by atoms with E-state index in [0.717, 1.165) is 48.3 Å². The van der Waals surface area contributed by atoms with Crippen molar-refractivity contribution in [2.45, 2.75) is 19.8 Å². The summed E-state index contributed by atoms with van der Waals surface area (Å²) in [5.74, 6) is 0.815. The van der Waals surface area contributed by atoms with Crippen molar-refractivity contribution in [3.63, 3.8) is 0 Å². The Morgan fingerprint density at radius 3 is 2.67 bits per heavy atom. The van der Waals surface area contributed by atoms with Crippen LogP contribution in [0.4, 0.5) is 5.82 Å². The number of rotatable bonds is 4. The van der Waals surface area contributed by atoms with E-state index >= 15 is 0 Å². The fourth-order valence-electron chi connectivity index (χ4n) is 3.55. The number of ether oxygens (including phenoxy) is 1. The Bertz CT molecular complexity index is 946. The minimum absolute atomic E-state index is 0.0209. The monoisotopic (exact) mass is 384 g/mol. The number of carbonyl (C=O) groups excluding carboxylic acids is 1. The first-order valence-electron chi connectivity index (χ1n) is 9.17. The number of piperidine rings is 1. The Hall–Kier alpha value is -2.60. The molecule has 0 spiro atoms. The van der Waals surface area contributed by atoms with Gasteiger partial charge in [-0.25, -0.2) is 4.68 Å². The normalized spacial score (nSPS) is 15.3. The van der Waals surface area contributed by atoms with Crippen LogP contribution in [0.1, 0.15) is 19.8 Å². The number of anilines is 1. The molecule has 0 aliphatic carbocycles. The van der Waals surface area contributed by atoms with Gasteiger partial charge in [0.1, 0.15) is 0 Å². The second-order valence-electron chi connectivity index (χ2n) is 6.62. The average molecular weight is 385 g/mol. The van der Waals surface area contributed by atoms with Gasteiger partial charge in [-0.2, -0.15) is 0 Å². The first-order chi connectivity index (χ1) is 13.2. The van der Waals surface area contributed by atoms with Gasteiger partial charge in [0.2, 0.25) is 0 Å². The lowest BCUT2D eigenvalue weighted by Crippen LogP contribution is -2.37. The standard InChI is InChI=1S/C20H21ClN4O2/c1-2-27-20(26)14-8-11-24(12-9-14)19-17-7-10-22-13-18(17)25(23-19)16-5-3-15(21)4-6-16/h3-7,10,13-14H,2,8-9,11-12H2,1H3. The van der Waals surface area contributed by atoms with Crippen LogP contribution in [0.15, 0.2) is 42.7 Å². The molecule has 7 heteroatoms. The first kappa shape index (κ1) is 17.8. The second kappa shape index (κ2) is 7.56. The maximum absolute atomic E-state index is 12.0. The molecule has 1 fully saturated rings. The first-order valence-corrected chi connectivity index (χ1v) is 9.55. The average Bonchev–Trinajstić information content (AvgIpc) is 3.09. The molecule has 6 nitrogen and oxygen atoms in total. The molecule has 0 saturated carbocycles. The minimum atomic E-state index is -0.0853. The fraction of sp³-hybridized carbons (Fsp3) is 0.350. The van der Waals surface area contributed by atoms with Gasteiger partial charge in [-0.15, -0.1) is 5.10 Å². The van der Waals surface area contributed by atoms with E-state index in [2.05, 4.69) is 9.88 Å². The van der Waals surface area contributed by atoms with Gasteiger partial charge in [0.25, 0.3) is 0 Å². The van der Waals surface area contributed by atoms with Crippen molar-refractivity contribution >= 4 is 34.3 Å². The van der Waals surface area contributed by atoms with Gasteiger partial charge in [0.15, 0.2) is 5.82 Å². The summed E-state index contributed by atoms with van der Waals surface area (Å²) >= 11 is 6.02. The van der Waals surface area contributed by atoms with E-state index < -0.39 is 0 Å². The molecule has 4 rings (SSSR count). The molecule has 1 saturated heterocycles. The van der Waals surface area contributed by atoms with Crippen LogP contribution in [-0.2, 0) is 9.53 Å². The van der Waals surface area contributed by atoms with Gasteiger partial charge in [0.05, 0.1) is 29.9 Å². The molecule has 140 valence electrons. The van der Waals surface area contributed by atoms with Crippen molar-refractivity contribution < 1.29 is 9.53 Å². The highest BCUT2D eigenvalue weighted by Gasteiger charge is 2.28. The van der Waals surface area contributed by atoms with E-state index in [1.54, 1.807) is 6.20 Å². The van der Waals surface area contributed by atoms with Crippen LogP contribution in [0.2, 0.25) is 5.02 Å². The highest BCUT2D eigenvalue weighted by Crippen LogP contribution is 2.31. The third-order valence-corrected chi connectivity index (χ3v) is 5.20. The second-order valence-corrected chi connectivity index (χ2v) is 7.05. The van der Waals surface area contributed by atoms with Crippen molar-refractivity contribution in [2.24, 2.45) is 5.92 Å². The number of esters is 1. The highest BCUT2D eigenvalue weighted by atomic mass is 35.5. The number of carbonyl (C=O) groups is 1. The summed E-state index contributed by atoms with van der Waals surface area (Å²) in [6.07, 6.45) is 5.16. The lowest BCUT2D eigenvalue weighted by molar-refractivity contribution is -0.148. The Balaban J connectivity index is 1.63. The molecule has 27 heavy (non-hydrogen) atoms. The molecular weight excluding hydrogens is 364 g/mol. The zero-order valence-electron chi connectivity index (χ0n) is 15.1. The van der Waals surface area contributed by atoms with Gasteiger partial charge in [0, 0.05) is 29.7 Å². The Labute approximate surface area is 162 Å². The summed E-state index contributed by atoms with van der Waals surface area (Å²) in [6.45, 7) is 3.83. The quantitative estimate of drug-likeness (QED) is 0.639. The van der Waals surface area contributed by atoms with Crippen molar-refractivity contribution in [2.75, 3.05) is 24.6 Å². The van der Waals surface area contributed by atoms with E-state index in [1.165, 1.54) is 0 Å². The maximum Gasteiger partial charge on any atom is 0.309 e. The molecule has 3 aromatic rings. The predicted octanol–water partition coefficient (Wildman–Crippen LogP) is 3.85. The van der Waals surface area contributed by atoms with Gasteiger partial charge in [-0.1, -0.05) is 11.6 Å². The summed E-state index contributed by atoms with van der Waals surface area (Å²) in [5, 5.41) is 6.60. The highest BCUT2D eigenvalue weighted by molar-refractivity contribution is 6.30. The smallest absolute Gasteiger partial charge is 0.309 e. The summed E-state index contributed by atoms with van der Waals surface area (Å²) in [5.41, 5.74) is 1.88. The molecular formula is C20H21ClN4O2. The molecule has 0 radical (unpaired) electrons. The van der Waals surface area contributed by atoms with E-state index in [1.807, 2.05) is 48.1 Å². The largest absolute Gasteiger partial charge is 0.466 e. The molecule has 0 unspecified atom stereocenters. The Kier molecular flexibility index (Phi) is 4.99. The molecule has 0 atom stereocenters. The number of hydrogen-bond donors (Lipinski definition) is 0. The van der Waals surface area contributed by atoms with Gasteiger partial charge < -0.3 is 9.64 Å². The van der Waals surface area contributed by atoms with E-state index in [9.17, 15) is 4.79 Å². The molecule has 2 aromatic heterocycles. The minimum Gasteiger partial charge on any atom is -0.466 e. The van der Waals surface area contributed by atoms with Crippen molar-refractivity contribution in [3.8, 4) is 5.69 Å². The van der Waals surface area contributed by atoms with E-state index in [-0.39, 0.29) is 11.9 Å². The van der Waals surface area contributed by atoms with Crippen LogP contribution in [0.5, 0.6) is 0 Å². The van der Waals surface area contributed by atoms with Crippen LogP contribution in [0.25, 0.3) is 16.6 Å². The summed E-state index contributed by atoms with van der Waals surface area (Å²) in [6, 6.07) is 9.58. The molecule has 3 heterocycles. The number of nitrogens with zero attached hydrogens (tertiary/aromatic N) is 4. The number of halogens is 1. The number of fused-ring (bicyclic) bond motifs is 1. The lowest BCUT2D eigenvalue weighted by Gasteiger charge is -2.31. The molecule has 0 amide bonds. The van der Waals surface area contributed by atoms with Crippen molar-refractivity contribution in [1.82, 2.24) is 14.8 Å². The lowest BCUT2D eigenvalue weighted by atomic mass is 9.97. The van der Waals surface area contributed by atoms with Crippen LogP contribution in [0, 0.1) is 5.92 Å². The molecule has 1 aliphatic heterocycles. The van der Waals surface area contributed by atoms with Gasteiger partial charge in [-0.3, -0.25) is 9.78 Å². The maximum atomic E-state index is 12.0. The van der Waals surface area contributed by atoms with Crippen LogP contribution in [0.3, 0.4) is 0 Å². The SMILES string of the molecule is CCOC(=O)C1CCN(c2nn(-c3ccc(Cl)cc3)c3cnccc23)CC1. The number of pyridine rings is 1. The number of benzene rings is 1.